The van der Waals surface area contributed by atoms with Crippen LogP contribution in [0.1, 0.15) is 18.5 Å². The lowest BCUT2D eigenvalue weighted by Crippen LogP contribution is -2.27. The van der Waals surface area contributed by atoms with E-state index in [-0.39, 0.29) is 0 Å². The first kappa shape index (κ1) is 16.4. The fraction of sp³-hybridized carbons (Fsp3) is 0.200. The molecule has 0 bridgehead atoms. The monoisotopic (exact) mass is 327 g/mol. The smallest absolute Gasteiger partial charge is 0.244 e. The Labute approximate surface area is 127 Å². The van der Waals surface area contributed by atoms with E-state index in [1.807, 2.05) is 0 Å². The van der Waals surface area contributed by atoms with E-state index in [1.165, 1.54) is 7.11 Å². The normalized spacial score (nSPS) is 12.9. The fourth-order valence-corrected chi connectivity index (χ4v) is 3.28. The summed E-state index contributed by atoms with van der Waals surface area (Å²) in [5.74, 6) is -1.26. The lowest BCUT2D eigenvalue weighted by molar-refractivity contribution is 0.413. The molecule has 1 N–H and O–H groups in total. The zero-order valence-electron chi connectivity index (χ0n) is 12.0. The zero-order chi connectivity index (χ0) is 16.3. The highest BCUT2D eigenvalue weighted by Crippen LogP contribution is 2.22. The van der Waals surface area contributed by atoms with Crippen LogP contribution in [0.2, 0.25) is 0 Å². The molecule has 0 aliphatic rings. The molecule has 0 heterocycles. The van der Waals surface area contributed by atoms with Crippen LogP contribution in [0, 0.1) is 11.6 Å². The van der Waals surface area contributed by atoms with Crippen molar-refractivity contribution in [3.05, 3.63) is 59.7 Å². The minimum atomic E-state index is -4.19. The van der Waals surface area contributed by atoms with Gasteiger partial charge in [-0.3, -0.25) is 0 Å². The van der Waals surface area contributed by atoms with Crippen molar-refractivity contribution in [2.75, 3.05) is 7.11 Å². The molecular formula is C15H15F2NO3S. The zero-order valence-corrected chi connectivity index (χ0v) is 12.8. The van der Waals surface area contributed by atoms with Crippen LogP contribution in [0.4, 0.5) is 8.78 Å². The molecule has 118 valence electrons. The second-order valence-corrected chi connectivity index (χ2v) is 6.38. The van der Waals surface area contributed by atoms with Crippen molar-refractivity contribution in [3.8, 4) is 5.75 Å². The summed E-state index contributed by atoms with van der Waals surface area (Å²) in [6.07, 6.45) is 0. The highest BCUT2D eigenvalue weighted by molar-refractivity contribution is 7.89. The second kappa shape index (κ2) is 6.41. The van der Waals surface area contributed by atoms with Gasteiger partial charge >= 0.3 is 0 Å². The Hall–Kier alpha value is -1.99. The summed E-state index contributed by atoms with van der Waals surface area (Å²) in [5.41, 5.74) is 0.639. The Morgan fingerprint density at radius 2 is 1.86 bits per heavy atom. The van der Waals surface area contributed by atoms with Crippen LogP contribution in [-0.2, 0) is 10.0 Å². The van der Waals surface area contributed by atoms with E-state index in [0.717, 1.165) is 12.1 Å². The van der Waals surface area contributed by atoms with Crippen LogP contribution < -0.4 is 9.46 Å². The lowest BCUT2D eigenvalue weighted by Gasteiger charge is -2.16. The molecule has 2 aromatic carbocycles. The molecule has 0 unspecified atom stereocenters. The van der Waals surface area contributed by atoms with Gasteiger partial charge in [-0.25, -0.2) is 21.9 Å². The number of nitrogens with one attached hydrogen (secondary N) is 1. The molecule has 1 atom stereocenters. The first-order chi connectivity index (χ1) is 10.3. The van der Waals surface area contributed by atoms with Gasteiger partial charge in [0.25, 0.3) is 0 Å². The van der Waals surface area contributed by atoms with Crippen LogP contribution in [0.25, 0.3) is 0 Å². The molecule has 0 fully saturated rings. The summed E-state index contributed by atoms with van der Waals surface area (Å²) in [5, 5.41) is 0. The molecule has 7 heteroatoms. The van der Waals surface area contributed by atoms with Crippen LogP contribution in [0.15, 0.2) is 47.4 Å². The van der Waals surface area contributed by atoms with Crippen LogP contribution in [-0.4, -0.2) is 15.5 Å². The van der Waals surface area contributed by atoms with Gasteiger partial charge in [-0.05, 0) is 42.8 Å². The van der Waals surface area contributed by atoms with E-state index in [0.29, 0.717) is 17.4 Å². The fourth-order valence-electron chi connectivity index (χ4n) is 1.96. The van der Waals surface area contributed by atoms with Gasteiger partial charge in [0.15, 0.2) is 0 Å². The number of methoxy groups -OCH3 is 1. The summed E-state index contributed by atoms with van der Waals surface area (Å²) < 4.78 is 58.6. The Bertz CT molecular complexity index is 778. The predicted molar refractivity (Wildman–Crippen MR) is 78.1 cm³/mol. The van der Waals surface area contributed by atoms with Gasteiger partial charge in [-0.2, -0.15) is 0 Å². The molecular weight excluding hydrogens is 312 g/mol. The Morgan fingerprint density at radius 3 is 2.55 bits per heavy atom. The minimum absolute atomic E-state index is 0.570. The quantitative estimate of drug-likeness (QED) is 0.918. The number of benzene rings is 2. The van der Waals surface area contributed by atoms with Gasteiger partial charge in [0.2, 0.25) is 10.0 Å². The van der Waals surface area contributed by atoms with E-state index >= 15 is 0 Å². The second-order valence-electron chi connectivity index (χ2n) is 4.69. The molecule has 0 spiro atoms. The number of hydrogen-bond donors (Lipinski definition) is 1. The molecule has 0 saturated carbocycles. The van der Waals surface area contributed by atoms with E-state index in [2.05, 4.69) is 4.72 Å². The van der Waals surface area contributed by atoms with Crippen LogP contribution >= 0.6 is 0 Å². The molecule has 22 heavy (non-hydrogen) atoms. The summed E-state index contributed by atoms with van der Waals surface area (Å²) in [6, 6.07) is 8.45. The maximum absolute atomic E-state index is 13.6. The predicted octanol–water partition coefficient (Wildman–Crippen LogP) is 3.01. The molecule has 0 radical (unpaired) electrons. The molecule has 0 aliphatic heterocycles. The molecule has 2 rings (SSSR count). The highest BCUT2D eigenvalue weighted by Gasteiger charge is 2.22. The van der Waals surface area contributed by atoms with Crippen molar-refractivity contribution in [2.45, 2.75) is 17.9 Å². The van der Waals surface area contributed by atoms with Crippen LogP contribution in [0.5, 0.6) is 5.75 Å². The van der Waals surface area contributed by atoms with Gasteiger partial charge in [0, 0.05) is 6.04 Å². The molecule has 2 aromatic rings. The summed E-state index contributed by atoms with van der Waals surface area (Å²) >= 11 is 0. The van der Waals surface area contributed by atoms with Crippen molar-refractivity contribution in [1.29, 1.82) is 0 Å². The first-order valence-electron chi connectivity index (χ1n) is 6.45. The Morgan fingerprint density at radius 1 is 1.14 bits per heavy atom. The first-order valence-corrected chi connectivity index (χ1v) is 7.93. The summed E-state index contributed by atoms with van der Waals surface area (Å²) in [7, 11) is -2.69. The number of halogens is 2. The molecule has 0 aromatic heterocycles. The summed E-state index contributed by atoms with van der Waals surface area (Å²) in [6.45, 7) is 1.60. The summed E-state index contributed by atoms with van der Waals surface area (Å²) in [4.78, 5) is -0.720. The van der Waals surface area contributed by atoms with Crippen molar-refractivity contribution in [3.63, 3.8) is 0 Å². The number of ether oxygens (including phenoxy) is 1. The van der Waals surface area contributed by atoms with Crippen molar-refractivity contribution < 1.29 is 21.9 Å². The lowest BCUT2D eigenvalue weighted by atomic mass is 10.1. The van der Waals surface area contributed by atoms with E-state index in [4.69, 9.17) is 4.74 Å². The standard InChI is InChI=1S/C15H15F2NO3S/c1-10(11-4-3-5-13(8-11)21-2)18-22(19,20)15-9-12(16)6-7-14(15)17/h3-10,18H,1-2H3/t10-/m0/s1. The van der Waals surface area contributed by atoms with Gasteiger partial charge in [0.1, 0.15) is 22.3 Å². The topological polar surface area (TPSA) is 55.4 Å². The highest BCUT2D eigenvalue weighted by atomic mass is 32.2. The maximum Gasteiger partial charge on any atom is 0.244 e. The average molecular weight is 327 g/mol. The minimum Gasteiger partial charge on any atom is -0.497 e. The van der Waals surface area contributed by atoms with E-state index in [9.17, 15) is 17.2 Å². The third kappa shape index (κ3) is 3.61. The van der Waals surface area contributed by atoms with E-state index in [1.54, 1.807) is 31.2 Å². The SMILES string of the molecule is COc1cccc([C@H](C)NS(=O)(=O)c2cc(F)ccc2F)c1. The van der Waals surface area contributed by atoms with Crippen molar-refractivity contribution >= 4 is 10.0 Å². The Kier molecular flexibility index (Phi) is 4.77. The largest absolute Gasteiger partial charge is 0.497 e. The van der Waals surface area contributed by atoms with Gasteiger partial charge in [0.05, 0.1) is 7.11 Å². The third-order valence-electron chi connectivity index (χ3n) is 3.11. The Balaban J connectivity index is 2.29. The molecule has 0 aliphatic carbocycles. The molecule has 0 saturated heterocycles. The maximum atomic E-state index is 13.6. The molecule has 4 nitrogen and oxygen atoms in total. The number of sulfonamides is 1. The van der Waals surface area contributed by atoms with E-state index < -0.39 is 32.6 Å². The third-order valence-corrected chi connectivity index (χ3v) is 4.66. The van der Waals surface area contributed by atoms with Gasteiger partial charge < -0.3 is 4.74 Å². The average Bonchev–Trinajstić information content (AvgIpc) is 2.49. The number of hydrogen-bond acceptors (Lipinski definition) is 3. The van der Waals surface area contributed by atoms with Crippen molar-refractivity contribution in [2.24, 2.45) is 0 Å². The van der Waals surface area contributed by atoms with Gasteiger partial charge in [-0.1, -0.05) is 12.1 Å². The molecule has 0 amide bonds. The van der Waals surface area contributed by atoms with Gasteiger partial charge in [-0.15, -0.1) is 0 Å². The number of rotatable bonds is 5. The van der Waals surface area contributed by atoms with Crippen LogP contribution in [0.3, 0.4) is 0 Å². The van der Waals surface area contributed by atoms with Crippen molar-refractivity contribution in [1.82, 2.24) is 4.72 Å².